The molecule has 3 aliphatic rings. The molecule has 0 bridgehead atoms. The van der Waals surface area contributed by atoms with Gasteiger partial charge < -0.3 is 10.1 Å². The summed E-state index contributed by atoms with van der Waals surface area (Å²) in [6.07, 6.45) is 12.7. The number of ether oxygens (including phenoxy) is 1. The number of ketones is 1. The summed E-state index contributed by atoms with van der Waals surface area (Å²) in [5.41, 5.74) is 0. The molecule has 0 spiro atoms. The molecule has 2 aliphatic heterocycles. The lowest BCUT2D eigenvalue weighted by molar-refractivity contribution is -0.127. The average molecular weight is 293 g/mol. The molecular weight excluding hydrogens is 262 g/mol. The van der Waals surface area contributed by atoms with E-state index >= 15 is 0 Å². The Labute approximate surface area is 129 Å². The second kappa shape index (κ2) is 7.73. The van der Waals surface area contributed by atoms with E-state index in [1.165, 1.54) is 64.5 Å². The fourth-order valence-corrected chi connectivity index (χ4v) is 4.65. The molecule has 0 aromatic carbocycles. The van der Waals surface area contributed by atoms with Crippen molar-refractivity contribution in [1.29, 1.82) is 0 Å². The smallest absolute Gasteiger partial charge is 0.158 e. The predicted molar refractivity (Wildman–Crippen MR) is 84.3 cm³/mol. The first-order valence-corrected chi connectivity index (χ1v) is 9.15. The summed E-state index contributed by atoms with van der Waals surface area (Å²) in [5.74, 6) is 2.69. The van der Waals surface area contributed by atoms with Gasteiger partial charge in [-0.2, -0.15) is 0 Å². The van der Waals surface area contributed by atoms with Crippen molar-refractivity contribution in [3.63, 3.8) is 0 Å². The first kappa shape index (κ1) is 15.5. The van der Waals surface area contributed by atoms with Gasteiger partial charge in [-0.05, 0) is 75.8 Å². The third-order valence-electron chi connectivity index (χ3n) is 5.89. The van der Waals surface area contributed by atoms with E-state index in [-0.39, 0.29) is 0 Å². The third-order valence-corrected chi connectivity index (χ3v) is 5.89. The Morgan fingerprint density at radius 1 is 1.00 bits per heavy atom. The van der Waals surface area contributed by atoms with E-state index in [9.17, 15) is 4.79 Å². The van der Waals surface area contributed by atoms with E-state index in [2.05, 4.69) is 5.32 Å². The normalized spacial score (nSPS) is 36.4. The van der Waals surface area contributed by atoms with Gasteiger partial charge in [0.2, 0.25) is 0 Å². The highest BCUT2D eigenvalue weighted by Gasteiger charge is 2.31. The second-order valence-electron chi connectivity index (χ2n) is 7.50. The first-order chi connectivity index (χ1) is 10.3. The minimum absolute atomic E-state index is 0.330. The minimum Gasteiger partial charge on any atom is -0.370 e. The lowest BCUT2D eigenvalue weighted by Crippen LogP contribution is -2.31. The van der Waals surface area contributed by atoms with Crippen LogP contribution in [0.2, 0.25) is 0 Å². The van der Waals surface area contributed by atoms with Gasteiger partial charge in [-0.1, -0.05) is 12.8 Å². The maximum atomic E-state index is 12.0. The molecule has 0 aromatic heterocycles. The van der Waals surface area contributed by atoms with Gasteiger partial charge in [0.25, 0.3) is 0 Å². The van der Waals surface area contributed by atoms with E-state index in [4.69, 9.17) is 4.74 Å². The highest BCUT2D eigenvalue weighted by Crippen LogP contribution is 2.37. The molecule has 21 heavy (non-hydrogen) atoms. The van der Waals surface area contributed by atoms with Crippen LogP contribution in [0.5, 0.6) is 0 Å². The van der Waals surface area contributed by atoms with E-state index in [0.717, 1.165) is 30.6 Å². The van der Waals surface area contributed by atoms with Crippen molar-refractivity contribution in [3.05, 3.63) is 0 Å². The lowest BCUT2D eigenvalue weighted by atomic mass is 9.76. The Morgan fingerprint density at radius 2 is 1.81 bits per heavy atom. The number of nitrogens with one attached hydrogen (secondary N) is 1. The zero-order valence-electron chi connectivity index (χ0n) is 13.3. The maximum Gasteiger partial charge on any atom is 0.158 e. The Balaban J connectivity index is 1.61. The van der Waals surface area contributed by atoms with Crippen LogP contribution in [0.1, 0.15) is 64.2 Å². The number of carbonyl (C=O) groups excluding carboxylic acids is 1. The summed E-state index contributed by atoms with van der Waals surface area (Å²) in [4.78, 5) is 12.0. The van der Waals surface area contributed by atoms with E-state index in [1.807, 2.05) is 0 Å². The second-order valence-corrected chi connectivity index (χ2v) is 7.50. The molecular formula is C18H31NO2. The topological polar surface area (TPSA) is 38.3 Å². The van der Waals surface area contributed by atoms with Crippen molar-refractivity contribution >= 4 is 5.78 Å². The Morgan fingerprint density at radius 3 is 2.67 bits per heavy atom. The molecule has 0 amide bonds. The van der Waals surface area contributed by atoms with Crippen molar-refractivity contribution in [2.24, 2.45) is 17.8 Å². The Kier molecular flexibility index (Phi) is 5.70. The predicted octanol–water partition coefficient (Wildman–Crippen LogP) is 3.32. The molecule has 2 heterocycles. The SMILES string of the molecule is O=C1CCC(CC2CCNCC2)C[C@H]2CCCC[C@@H]2OC1. The molecule has 3 nitrogen and oxygen atoms in total. The highest BCUT2D eigenvalue weighted by molar-refractivity contribution is 5.79. The van der Waals surface area contributed by atoms with Crippen molar-refractivity contribution in [2.45, 2.75) is 70.3 Å². The first-order valence-electron chi connectivity index (χ1n) is 9.15. The van der Waals surface area contributed by atoms with Crippen LogP contribution in [0.3, 0.4) is 0 Å². The van der Waals surface area contributed by atoms with Gasteiger partial charge in [0, 0.05) is 6.42 Å². The lowest BCUT2D eigenvalue weighted by Gasteiger charge is -2.34. The van der Waals surface area contributed by atoms with E-state index < -0.39 is 0 Å². The summed E-state index contributed by atoms with van der Waals surface area (Å²) >= 11 is 0. The van der Waals surface area contributed by atoms with Crippen LogP contribution in [0, 0.1) is 17.8 Å². The van der Waals surface area contributed by atoms with Gasteiger partial charge in [0.1, 0.15) is 6.61 Å². The Hall–Kier alpha value is -0.410. The molecule has 1 N–H and O–H groups in total. The fourth-order valence-electron chi connectivity index (χ4n) is 4.65. The molecule has 0 aromatic rings. The zero-order chi connectivity index (χ0) is 14.5. The van der Waals surface area contributed by atoms with Gasteiger partial charge in [-0.15, -0.1) is 0 Å². The molecule has 1 saturated carbocycles. The van der Waals surface area contributed by atoms with Gasteiger partial charge in [-0.25, -0.2) is 0 Å². The number of rotatable bonds is 2. The summed E-state index contributed by atoms with van der Waals surface area (Å²) in [7, 11) is 0. The number of hydrogen-bond acceptors (Lipinski definition) is 3. The third kappa shape index (κ3) is 4.53. The molecule has 1 aliphatic carbocycles. The highest BCUT2D eigenvalue weighted by atomic mass is 16.5. The van der Waals surface area contributed by atoms with Crippen molar-refractivity contribution in [2.75, 3.05) is 19.7 Å². The molecule has 3 heteroatoms. The molecule has 2 saturated heterocycles. The molecule has 1 unspecified atom stereocenters. The largest absolute Gasteiger partial charge is 0.370 e. The minimum atomic E-state index is 0.330. The number of hydrogen-bond donors (Lipinski definition) is 1. The van der Waals surface area contributed by atoms with Crippen LogP contribution >= 0.6 is 0 Å². The summed E-state index contributed by atoms with van der Waals surface area (Å²) in [5, 5.41) is 3.46. The standard InChI is InChI=1S/C18H31NO2/c20-17-6-5-15(11-14-7-9-19-10-8-14)12-16-3-1-2-4-18(16)21-13-17/h14-16,18-19H,1-13H2/t15?,16-,18+/m1/s1. The molecule has 3 fully saturated rings. The van der Waals surface area contributed by atoms with Gasteiger partial charge in [0.05, 0.1) is 6.10 Å². The van der Waals surface area contributed by atoms with Gasteiger partial charge in [-0.3, -0.25) is 4.79 Å². The van der Waals surface area contributed by atoms with Crippen LogP contribution in [-0.2, 0) is 9.53 Å². The van der Waals surface area contributed by atoms with Gasteiger partial charge >= 0.3 is 0 Å². The van der Waals surface area contributed by atoms with Crippen LogP contribution in [0.4, 0.5) is 0 Å². The van der Waals surface area contributed by atoms with Gasteiger partial charge in [0.15, 0.2) is 5.78 Å². The maximum absolute atomic E-state index is 12.0. The summed E-state index contributed by atoms with van der Waals surface area (Å²) in [6.45, 7) is 2.75. The van der Waals surface area contributed by atoms with Crippen molar-refractivity contribution < 1.29 is 9.53 Å². The zero-order valence-corrected chi connectivity index (χ0v) is 13.3. The van der Waals surface area contributed by atoms with Crippen LogP contribution < -0.4 is 5.32 Å². The van der Waals surface area contributed by atoms with Crippen molar-refractivity contribution in [3.8, 4) is 0 Å². The fraction of sp³-hybridized carbons (Fsp3) is 0.944. The quantitative estimate of drug-likeness (QED) is 0.849. The summed E-state index contributed by atoms with van der Waals surface area (Å²) < 4.78 is 5.96. The number of fused-ring (bicyclic) bond motifs is 1. The number of piperidine rings is 1. The Bertz CT molecular complexity index is 338. The van der Waals surface area contributed by atoms with Crippen molar-refractivity contribution in [1.82, 2.24) is 5.32 Å². The van der Waals surface area contributed by atoms with Crippen LogP contribution in [0.25, 0.3) is 0 Å². The van der Waals surface area contributed by atoms with E-state index in [0.29, 0.717) is 18.5 Å². The van der Waals surface area contributed by atoms with Crippen LogP contribution in [-0.4, -0.2) is 31.6 Å². The number of carbonyl (C=O) groups is 1. The summed E-state index contributed by atoms with van der Waals surface area (Å²) in [6, 6.07) is 0. The molecule has 3 atom stereocenters. The average Bonchev–Trinajstić information content (AvgIpc) is 2.59. The van der Waals surface area contributed by atoms with E-state index in [1.54, 1.807) is 0 Å². The molecule has 3 rings (SSSR count). The monoisotopic (exact) mass is 293 g/mol. The molecule has 0 radical (unpaired) electrons. The molecule has 120 valence electrons. The van der Waals surface area contributed by atoms with Crippen LogP contribution in [0.15, 0.2) is 0 Å². The number of Topliss-reactive ketones (excluding diaryl/α,β-unsaturated/α-hetero) is 1.